The minimum Gasteiger partial charge on any atom is -0.495 e. The van der Waals surface area contributed by atoms with E-state index in [4.69, 9.17) is 4.74 Å². The highest BCUT2D eigenvalue weighted by Crippen LogP contribution is 2.24. The number of hydrogen-bond acceptors (Lipinski definition) is 3. The Labute approximate surface area is 83.1 Å². The van der Waals surface area contributed by atoms with Crippen LogP contribution in [0.15, 0.2) is 36.4 Å². The number of aliphatic hydroxyl groups excluding tert-OH is 1. The SMILES string of the molecule is OC(C1=CCCCO1)c1cccnc1. The molecule has 0 aromatic carbocycles. The molecule has 1 aliphatic rings. The summed E-state index contributed by atoms with van der Waals surface area (Å²) in [4.78, 5) is 3.96. The van der Waals surface area contributed by atoms with Gasteiger partial charge in [0.25, 0.3) is 0 Å². The van der Waals surface area contributed by atoms with Crippen LogP contribution < -0.4 is 0 Å². The standard InChI is InChI=1S/C11H13NO2/c13-11(9-4-3-6-12-8-9)10-5-1-2-7-14-10/h3-6,8,11,13H,1-2,7H2. The second kappa shape index (κ2) is 4.24. The first kappa shape index (κ1) is 9.21. The molecular weight excluding hydrogens is 178 g/mol. The van der Waals surface area contributed by atoms with Gasteiger partial charge in [0, 0.05) is 18.0 Å². The van der Waals surface area contributed by atoms with Gasteiger partial charge in [-0.25, -0.2) is 0 Å². The topological polar surface area (TPSA) is 42.4 Å². The van der Waals surface area contributed by atoms with E-state index >= 15 is 0 Å². The van der Waals surface area contributed by atoms with Crippen LogP contribution in [0.5, 0.6) is 0 Å². The summed E-state index contributed by atoms with van der Waals surface area (Å²) in [6.45, 7) is 0.698. The minimum atomic E-state index is -0.663. The summed E-state index contributed by atoms with van der Waals surface area (Å²) >= 11 is 0. The Morgan fingerprint density at radius 2 is 2.43 bits per heavy atom. The Hall–Kier alpha value is -1.35. The monoisotopic (exact) mass is 191 g/mol. The third-order valence-electron chi connectivity index (χ3n) is 2.23. The zero-order valence-electron chi connectivity index (χ0n) is 7.89. The van der Waals surface area contributed by atoms with Crippen LogP contribution in [0.25, 0.3) is 0 Å². The van der Waals surface area contributed by atoms with E-state index in [2.05, 4.69) is 4.98 Å². The molecule has 14 heavy (non-hydrogen) atoms. The van der Waals surface area contributed by atoms with E-state index in [0.29, 0.717) is 12.4 Å². The molecule has 0 bridgehead atoms. The Balaban J connectivity index is 2.15. The van der Waals surface area contributed by atoms with Gasteiger partial charge in [0.05, 0.1) is 6.61 Å². The summed E-state index contributed by atoms with van der Waals surface area (Å²) in [6.07, 6.45) is 6.64. The molecule has 0 spiro atoms. The molecular formula is C11H13NO2. The molecule has 1 aliphatic heterocycles. The molecule has 2 heterocycles. The summed E-state index contributed by atoms with van der Waals surface area (Å²) < 4.78 is 5.38. The fourth-order valence-corrected chi connectivity index (χ4v) is 1.47. The number of allylic oxidation sites excluding steroid dienone is 1. The maximum absolute atomic E-state index is 9.91. The molecule has 0 fully saturated rings. The Kier molecular flexibility index (Phi) is 2.79. The van der Waals surface area contributed by atoms with Crippen LogP contribution in [0.3, 0.4) is 0 Å². The van der Waals surface area contributed by atoms with Gasteiger partial charge in [-0.15, -0.1) is 0 Å². The van der Waals surface area contributed by atoms with Crippen LogP contribution in [0.1, 0.15) is 24.5 Å². The molecule has 0 radical (unpaired) electrons. The number of pyridine rings is 1. The second-order valence-electron chi connectivity index (χ2n) is 3.29. The fourth-order valence-electron chi connectivity index (χ4n) is 1.47. The van der Waals surface area contributed by atoms with Crippen LogP contribution in [-0.4, -0.2) is 16.7 Å². The van der Waals surface area contributed by atoms with E-state index in [-0.39, 0.29) is 0 Å². The minimum absolute atomic E-state index is 0.657. The van der Waals surface area contributed by atoms with Crippen molar-refractivity contribution in [1.82, 2.24) is 4.98 Å². The predicted octanol–water partition coefficient (Wildman–Crippen LogP) is 1.81. The van der Waals surface area contributed by atoms with E-state index in [1.165, 1.54) is 0 Å². The van der Waals surface area contributed by atoms with Crippen molar-refractivity contribution in [2.24, 2.45) is 0 Å². The summed E-state index contributed by atoms with van der Waals surface area (Å²) in [7, 11) is 0. The maximum Gasteiger partial charge on any atom is 0.137 e. The van der Waals surface area contributed by atoms with Crippen LogP contribution in [-0.2, 0) is 4.74 Å². The predicted molar refractivity (Wildman–Crippen MR) is 52.5 cm³/mol. The van der Waals surface area contributed by atoms with Gasteiger partial charge in [0.1, 0.15) is 11.9 Å². The average Bonchev–Trinajstić information content (AvgIpc) is 2.30. The van der Waals surface area contributed by atoms with E-state index in [0.717, 1.165) is 18.4 Å². The summed E-state index contributed by atoms with van der Waals surface area (Å²) in [5.41, 5.74) is 0.778. The van der Waals surface area contributed by atoms with E-state index in [9.17, 15) is 5.11 Å². The van der Waals surface area contributed by atoms with Crippen molar-refractivity contribution in [2.45, 2.75) is 18.9 Å². The lowest BCUT2D eigenvalue weighted by molar-refractivity contribution is 0.0916. The number of aromatic nitrogens is 1. The molecule has 0 aliphatic carbocycles. The van der Waals surface area contributed by atoms with E-state index in [1.54, 1.807) is 12.4 Å². The van der Waals surface area contributed by atoms with E-state index in [1.807, 2.05) is 18.2 Å². The van der Waals surface area contributed by atoms with Crippen molar-refractivity contribution in [3.05, 3.63) is 41.9 Å². The first-order valence-corrected chi connectivity index (χ1v) is 4.79. The highest BCUT2D eigenvalue weighted by atomic mass is 16.5. The largest absolute Gasteiger partial charge is 0.495 e. The number of nitrogens with zero attached hydrogens (tertiary/aromatic N) is 1. The Morgan fingerprint density at radius 1 is 1.50 bits per heavy atom. The second-order valence-corrected chi connectivity index (χ2v) is 3.29. The van der Waals surface area contributed by atoms with Crippen molar-refractivity contribution in [2.75, 3.05) is 6.61 Å². The van der Waals surface area contributed by atoms with Crippen molar-refractivity contribution in [1.29, 1.82) is 0 Å². The van der Waals surface area contributed by atoms with Crippen LogP contribution in [0.4, 0.5) is 0 Å². The first-order valence-electron chi connectivity index (χ1n) is 4.79. The van der Waals surface area contributed by atoms with Gasteiger partial charge in [-0.2, -0.15) is 0 Å². The van der Waals surface area contributed by atoms with Crippen molar-refractivity contribution in [3.63, 3.8) is 0 Å². The quantitative estimate of drug-likeness (QED) is 0.775. The zero-order valence-corrected chi connectivity index (χ0v) is 7.89. The lowest BCUT2D eigenvalue weighted by Gasteiger charge is -2.19. The van der Waals surface area contributed by atoms with Crippen molar-refractivity contribution >= 4 is 0 Å². The molecule has 1 aromatic rings. The van der Waals surface area contributed by atoms with Gasteiger partial charge in [-0.05, 0) is 25.0 Å². The number of rotatable bonds is 2. The van der Waals surface area contributed by atoms with Gasteiger partial charge in [-0.3, -0.25) is 4.98 Å². The third kappa shape index (κ3) is 1.93. The molecule has 1 aromatic heterocycles. The lowest BCUT2D eigenvalue weighted by Crippen LogP contribution is -2.09. The molecule has 1 unspecified atom stereocenters. The molecule has 2 rings (SSSR count). The fraction of sp³-hybridized carbons (Fsp3) is 0.364. The zero-order chi connectivity index (χ0) is 9.80. The number of hydrogen-bond donors (Lipinski definition) is 1. The van der Waals surface area contributed by atoms with Crippen LogP contribution >= 0.6 is 0 Å². The van der Waals surface area contributed by atoms with Crippen LogP contribution in [0.2, 0.25) is 0 Å². The third-order valence-corrected chi connectivity index (χ3v) is 2.23. The molecule has 3 nitrogen and oxygen atoms in total. The highest BCUT2D eigenvalue weighted by molar-refractivity contribution is 5.20. The molecule has 1 N–H and O–H groups in total. The number of aliphatic hydroxyl groups is 1. The summed E-state index contributed by atoms with van der Waals surface area (Å²) in [6, 6.07) is 3.65. The Bertz CT molecular complexity index is 321. The highest BCUT2D eigenvalue weighted by Gasteiger charge is 2.16. The Morgan fingerprint density at radius 3 is 3.07 bits per heavy atom. The van der Waals surface area contributed by atoms with Gasteiger partial charge in [0.15, 0.2) is 0 Å². The number of ether oxygens (including phenoxy) is 1. The molecule has 0 saturated carbocycles. The van der Waals surface area contributed by atoms with Crippen molar-refractivity contribution in [3.8, 4) is 0 Å². The van der Waals surface area contributed by atoms with Gasteiger partial charge in [0.2, 0.25) is 0 Å². The van der Waals surface area contributed by atoms with Gasteiger partial charge in [-0.1, -0.05) is 6.07 Å². The van der Waals surface area contributed by atoms with Gasteiger partial charge < -0.3 is 9.84 Å². The molecule has 74 valence electrons. The van der Waals surface area contributed by atoms with Crippen LogP contribution in [0, 0.1) is 0 Å². The normalized spacial score (nSPS) is 18.2. The molecule has 3 heteroatoms. The molecule has 1 atom stereocenters. The summed E-state index contributed by atoms with van der Waals surface area (Å²) in [5.74, 6) is 0.657. The van der Waals surface area contributed by atoms with Gasteiger partial charge >= 0.3 is 0 Å². The molecule has 0 amide bonds. The van der Waals surface area contributed by atoms with Crippen molar-refractivity contribution < 1.29 is 9.84 Å². The smallest absolute Gasteiger partial charge is 0.137 e. The lowest BCUT2D eigenvalue weighted by atomic mass is 10.1. The maximum atomic E-state index is 9.91. The average molecular weight is 191 g/mol. The first-order chi connectivity index (χ1) is 6.88. The summed E-state index contributed by atoms with van der Waals surface area (Å²) in [5, 5.41) is 9.91. The van der Waals surface area contributed by atoms with E-state index < -0.39 is 6.10 Å². The molecule has 0 saturated heterocycles.